The first-order valence-corrected chi connectivity index (χ1v) is 16.1. The number of hydrogen-bond donors (Lipinski definition) is 2. The minimum Gasteiger partial charge on any atom is -0.510 e. The Morgan fingerprint density at radius 3 is 2.48 bits per heavy atom. The lowest BCUT2D eigenvalue weighted by atomic mass is 9.95. The van der Waals surface area contributed by atoms with E-state index in [2.05, 4.69) is 15.2 Å². The van der Waals surface area contributed by atoms with E-state index in [9.17, 15) is 27.9 Å². The van der Waals surface area contributed by atoms with Crippen LogP contribution in [0.5, 0.6) is 5.75 Å². The van der Waals surface area contributed by atoms with E-state index in [4.69, 9.17) is 21.1 Å². The Hall–Kier alpha value is -4.31. The number of amides is 2. The van der Waals surface area contributed by atoms with Crippen LogP contribution >= 0.6 is 11.6 Å². The molecule has 50 heavy (non-hydrogen) atoms. The number of carbonyl (C=O) groups excluding carboxylic acids is 2. The smallest absolute Gasteiger partial charge is 0.433 e. The van der Waals surface area contributed by atoms with Crippen LogP contribution < -0.4 is 10.1 Å². The van der Waals surface area contributed by atoms with Crippen molar-refractivity contribution in [2.45, 2.75) is 32.6 Å². The Morgan fingerprint density at radius 1 is 1.12 bits per heavy atom. The fraction of sp³-hybridized carbons (Fsp3) is 0.382. The summed E-state index contributed by atoms with van der Waals surface area (Å²) in [7, 11) is 1.47. The number of aliphatic hydroxyl groups excluding tert-OH is 1. The first kappa shape index (κ1) is 37.0. The molecular weight excluding hydrogens is 689 g/mol. The predicted octanol–water partition coefficient (Wildman–Crippen LogP) is 6.07. The molecule has 1 atom stereocenters. The summed E-state index contributed by atoms with van der Waals surface area (Å²) in [5, 5.41) is 16.4. The number of pyridine rings is 1. The summed E-state index contributed by atoms with van der Waals surface area (Å²) in [6.07, 6.45) is -3.71. The minimum absolute atomic E-state index is 0.0537. The first-order chi connectivity index (χ1) is 23.7. The van der Waals surface area contributed by atoms with Gasteiger partial charge in [-0.2, -0.15) is 17.6 Å². The molecular formula is C34H35ClF5N5O5. The number of halogens is 6. The third-order valence-corrected chi connectivity index (χ3v) is 8.67. The molecule has 2 N–H and O–H groups in total. The summed E-state index contributed by atoms with van der Waals surface area (Å²) in [6.45, 7) is 6.16. The van der Waals surface area contributed by atoms with Gasteiger partial charge < -0.3 is 19.9 Å². The van der Waals surface area contributed by atoms with Gasteiger partial charge in [0.05, 0.1) is 25.8 Å². The number of hydrogen-bond acceptors (Lipinski definition) is 8. The molecule has 2 aliphatic rings. The third kappa shape index (κ3) is 8.01. The molecule has 3 heterocycles. The van der Waals surface area contributed by atoms with Crippen LogP contribution in [0, 0.1) is 17.6 Å². The van der Waals surface area contributed by atoms with E-state index in [-0.39, 0.29) is 45.7 Å². The predicted molar refractivity (Wildman–Crippen MR) is 174 cm³/mol. The Kier molecular flexibility index (Phi) is 11.3. The maximum absolute atomic E-state index is 15.4. The molecule has 2 aliphatic heterocycles. The minimum atomic E-state index is -4.67. The van der Waals surface area contributed by atoms with Gasteiger partial charge in [-0.15, -0.1) is 0 Å². The number of hydrazine groups is 1. The van der Waals surface area contributed by atoms with Crippen LogP contribution in [0.15, 0.2) is 60.0 Å². The Morgan fingerprint density at radius 2 is 1.84 bits per heavy atom. The van der Waals surface area contributed by atoms with Gasteiger partial charge >= 0.3 is 6.18 Å². The van der Waals surface area contributed by atoms with Crippen LogP contribution in [0.3, 0.4) is 0 Å². The average Bonchev–Trinajstić information content (AvgIpc) is 3.06. The van der Waals surface area contributed by atoms with Gasteiger partial charge in [0.2, 0.25) is 5.82 Å². The van der Waals surface area contributed by atoms with E-state index in [1.165, 1.54) is 42.4 Å². The first-order valence-electron chi connectivity index (χ1n) is 15.7. The normalized spacial score (nSPS) is 17.8. The summed E-state index contributed by atoms with van der Waals surface area (Å²) in [6, 6.07) is 7.73. The van der Waals surface area contributed by atoms with E-state index >= 15 is 8.78 Å². The van der Waals surface area contributed by atoms with Gasteiger partial charge in [0.15, 0.2) is 11.6 Å². The molecule has 0 bridgehead atoms. The lowest BCUT2D eigenvalue weighted by Gasteiger charge is -2.43. The zero-order chi connectivity index (χ0) is 36.3. The highest BCUT2D eigenvalue weighted by Crippen LogP contribution is 2.35. The lowest BCUT2D eigenvalue weighted by molar-refractivity contribution is -0.155. The van der Waals surface area contributed by atoms with E-state index in [1.54, 1.807) is 13.8 Å². The molecule has 3 aromatic rings. The largest absolute Gasteiger partial charge is 0.510 e. The third-order valence-electron chi connectivity index (χ3n) is 8.44. The van der Waals surface area contributed by atoms with Gasteiger partial charge in [0, 0.05) is 60.3 Å². The molecule has 16 heteroatoms. The molecule has 2 aromatic carbocycles. The van der Waals surface area contributed by atoms with Crippen LogP contribution in [-0.4, -0.2) is 89.4 Å². The lowest BCUT2D eigenvalue weighted by Crippen LogP contribution is -2.57. The van der Waals surface area contributed by atoms with Crippen LogP contribution in [0.1, 0.15) is 25.1 Å². The quantitative estimate of drug-likeness (QED) is 0.192. The maximum Gasteiger partial charge on any atom is 0.433 e. The van der Waals surface area contributed by atoms with Crippen molar-refractivity contribution in [3.05, 3.63) is 87.9 Å². The molecule has 0 unspecified atom stereocenters. The number of morpholine rings is 1. The van der Waals surface area contributed by atoms with Crippen molar-refractivity contribution >= 4 is 29.1 Å². The van der Waals surface area contributed by atoms with Gasteiger partial charge in [-0.25, -0.2) is 9.40 Å². The van der Waals surface area contributed by atoms with Crippen molar-refractivity contribution in [2.24, 2.45) is 5.92 Å². The van der Waals surface area contributed by atoms with E-state index < -0.39 is 59.2 Å². The molecule has 1 fully saturated rings. The van der Waals surface area contributed by atoms with Crippen LogP contribution in [0.25, 0.3) is 11.1 Å². The number of ether oxygens (including phenoxy) is 2. The SMILES string of the molecule is CC(C)[C@H]1C(O)=C(C(=O)Nc2ccc(Cl)cc2-c2ccc(C(F)(F)F)nc2)C(=O)N(Cc2ccc(OCCN3CCOCC3)c(F)c2F)N1C. The highest BCUT2D eigenvalue weighted by molar-refractivity contribution is 6.31. The molecule has 5 rings (SSSR count). The molecule has 10 nitrogen and oxygen atoms in total. The molecule has 2 amide bonds. The Labute approximate surface area is 290 Å². The summed E-state index contributed by atoms with van der Waals surface area (Å²) in [5.74, 6) is -5.74. The van der Waals surface area contributed by atoms with Gasteiger partial charge in [0.25, 0.3) is 11.8 Å². The van der Waals surface area contributed by atoms with Gasteiger partial charge in [0.1, 0.15) is 23.6 Å². The van der Waals surface area contributed by atoms with Gasteiger partial charge in [-0.1, -0.05) is 37.6 Å². The number of likely N-dealkylation sites (N-methyl/N-ethyl adjacent to an activating group) is 1. The number of nitrogens with one attached hydrogen (secondary N) is 1. The fourth-order valence-corrected chi connectivity index (χ4v) is 6.02. The number of aromatic nitrogens is 1. The summed E-state index contributed by atoms with van der Waals surface area (Å²) in [5.41, 5.74) is -1.56. The van der Waals surface area contributed by atoms with Gasteiger partial charge in [-0.05, 0) is 36.2 Å². The number of rotatable bonds is 10. The van der Waals surface area contributed by atoms with Crippen LogP contribution in [-0.2, 0) is 27.0 Å². The molecule has 1 saturated heterocycles. The summed E-state index contributed by atoms with van der Waals surface area (Å²) < 4.78 is 80.7. The zero-order valence-corrected chi connectivity index (χ0v) is 28.1. The number of aliphatic hydroxyl groups is 1. The maximum atomic E-state index is 15.4. The molecule has 0 spiro atoms. The van der Waals surface area contributed by atoms with E-state index in [0.29, 0.717) is 32.8 Å². The number of nitrogens with zero attached hydrogens (tertiary/aromatic N) is 4. The number of carbonyl (C=O) groups is 2. The number of benzene rings is 2. The highest BCUT2D eigenvalue weighted by Gasteiger charge is 2.43. The zero-order valence-electron chi connectivity index (χ0n) is 27.4. The van der Waals surface area contributed by atoms with Crippen molar-refractivity contribution < 1.29 is 46.1 Å². The van der Waals surface area contributed by atoms with Crippen molar-refractivity contribution in [3.63, 3.8) is 0 Å². The van der Waals surface area contributed by atoms with Crippen molar-refractivity contribution in [1.82, 2.24) is 19.9 Å². The summed E-state index contributed by atoms with van der Waals surface area (Å²) in [4.78, 5) is 33.1. The molecule has 0 aliphatic carbocycles. The second kappa shape index (κ2) is 15.3. The van der Waals surface area contributed by atoms with Crippen LogP contribution in [0.2, 0.25) is 5.02 Å². The average molecular weight is 724 g/mol. The highest BCUT2D eigenvalue weighted by atomic mass is 35.5. The molecule has 1 aromatic heterocycles. The second-order valence-electron chi connectivity index (χ2n) is 12.1. The van der Waals surface area contributed by atoms with Gasteiger partial charge in [-0.3, -0.25) is 24.5 Å². The van der Waals surface area contributed by atoms with Crippen LogP contribution in [0.4, 0.5) is 27.6 Å². The van der Waals surface area contributed by atoms with Crippen molar-refractivity contribution in [1.29, 1.82) is 0 Å². The van der Waals surface area contributed by atoms with Crippen molar-refractivity contribution in [3.8, 4) is 16.9 Å². The molecule has 0 saturated carbocycles. The molecule has 0 radical (unpaired) electrons. The van der Waals surface area contributed by atoms with E-state index in [1.807, 2.05) is 0 Å². The number of anilines is 1. The topological polar surface area (TPSA) is 107 Å². The summed E-state index contributed by atoms with van der Waals surface area (Å²) >= 11 is 6.16. The Bertz CT molecular complexity index is 1770. The second-order valence-corrected chi connectivity index (χ2v) is 12.5. The fourth-order valence-electron chi connectivity index (χ4n) is 5.85. The molecule has 268 valence electrons. The van der Waals surface area contributed by atoms with Crippen molar-refractivity contribution in [2.75, 3.05) is 51.8 Å². The monoisotopic (exact) mass is 723 g/mol. The standard InChI is InChI=1S/C34H35ClF5N5O5/c1-19(2)30-31(46)27(32(47)42-24-7-6-22(35)16-23(24)20-5-9-26(41-17-20)34(38,39)40)33(48)45(43(30)3)18-21-4-8-25(29(37)28(21)36)50-15-12-44-10-13-49-14-11-44/h4-9,16-17,19,30,46H,10-15,18H2,1-3H3,(H,42,47)/t30-/m0/s1. The van der Waals surface area contributed by atoms with E-state index in [0.717, 1.165) is 23.3 Å². The number of alkyl halides is 3. The Balaban J connectivity index is 1.38.